The Balaban J connectivity index is 1.82. The van der Waals surface area contributed by atoms with Crippen LogP contribution in [-0.2, 0) is 20.6 Å². The topological polar surface area (TPSA) is 66.5 Å². The lowest BCUT2D eigenvalue weighted by Crippen LogP contribution is -2.22. The molecule has 2 aromatic rings. The van der Waals surface area contributed by atoms with E-state index in [4.69, 9.17) is 11.6 Å². The zero-order valence-corrected chi connectivity index (χ0v) is 17.0. The van der Waals surface area contributed by atoms with Crippen molar-refractivity contribution in [2.75, 3.05) is 25.2 Å². The van der Waals surface area contributed by atoms with Crippen LogP contribution < -0.4 is 5.32 Å². The van der Waals surface area contributed by atoms with E-state index < -0.39 is 10.0 Å². The summed E-state index contributed by atoms with van der Waals surface area (Å²) in [5.41, 5.74) is 1.59. The van der Waals surface area contributed by atoms with E-state index in [2.05, 4.69) is 5.32 Å². The van der Waals surface area contributed by atoms with Gasteiger partial charge >= 0.3 is 0 Å². The van der Waals surface area contributed by atoms with Gasteiger partial charge in [0.15, 0.2) is 0 Å². The molecular formula is C18H21ClN2O3S2. The highest BCUT2D eigenvalue weighted by Crippen LogP contribution is 2.20. The van der Waals surface area contributed by atoms with Crippen LogP contribution in [0.2, 0.25) is 5.02 Å². The van der Waals surface area contributed by atoms with Crippen molar-refractivity contribution in [1.29, 1.82) is 0 Å². The largest absolute Gasteiger partial charge is 0.326 e. The zero-order valence-electron chi connectivity index (χ0n) is 14.6. The summed E-state index contributed by atoms with van der Waals surface area (Å²) in [5, 5.41) is 3.38. The van der Waals surface area contributed by atoms with E-state index in [0.717, 1.165) is 5.56 Å². The smallest absolute Gasteiger partial charge is 0.242 e. The van der Waals surface area contributed by atoms with Crippen LogP contribution in [0.4, 0.5) is 5.69 Å². The van der Waals surface area contributed by atoms with Crippen LogP contribution >= 0.6 is 23.4 Å². The lowest BCUT2D eigenvalue weighted by atomic mass is 10.2. The second-order valence-corrected chi connectivity index (χ2v) is 9.49. The van der Waals surface area contributed by atoms with Gasteiger partial charge in [0.1, 0.15) is 0 Å². The van der Waals surface area contributed by atoms with E-state index in [0.29, 0.717) is 28.6 Å². The SMILES string of the molecule is CN(C)S(=O)(=O)c1cccc(CSCCC(=O)Nc2cccc(Cl)c2)c1. The molecule has 0 aliphatic heterocycles. The molecular weight excluding hydrogens is 392 g/mol. The zero-order chi connectivity index (χ0) is 19.2. The molecule has 0 heterocycles. The third-order valence-electron chi connectivity index (χ3n) is 3.53. The maximum absolute atomic E-state index is 12.2. The summed E-state index contributed by atoms with van der Waals surface area (Å²) >= 11 is 7.47. The van der Waals surface area contributed by atoms with Gasteiger partial charge in [-0.2, -0.15) is 11.8 Å². The van der Waals surface area contributed by atoms with Crippen molar-refractivity contribution >= 4 is 45.0 Å². The molecule has 2 rings (SSSR count). The van der Waals surface area contributed by atoms with Crippen molar-refractivity contribution < 1.29 is 13.2 Å². The maximum Gasteiger partial charge on any atom is 0.242 e. The minimum absolute atomic E-state index is 0.0799. The van der Waals surface area contributed by atoms with Gasteiger partial charge in [-0.15, -0.1) is 0 Å². The highest BCUT2D eigenvalue weighted by atomic mass is 35.5. The first kappa shape index (κ1) is 20.8. The summed E-state index contributed by atoms with van der Waals surface area (Å²) in [6, 6.07) is 13.9. The number of carbonyl (C=O) groups excluding carboxylic acids is 1. The van der Waals surface area contributed by atoms with Crippen molar-refractivity contribution in [3.8, 4) is 0 Å². The standard InChI is InChI=1S/C18H21ClN2O3S2/c1-21(2)26(23,24)17-8-3-5-14(11-17)13-25-10-9-18(22)20-16-7-4-6-15(19)12-16/h3-8,11-12H,9-10,13H2,1-2H3,(H,20,22). The molecule has 0 spiro atoms. The molecule has 26 heavy (non-hydrogen) atoms. The number of benzene rings is 2. The molecule has 0 aliphatic carbocycles. The van der Waals surface area contributed by atoms with Crippen LogP contribution in [0, 0.1) is 0 Å². The summed E-state index contributed by atoms with van der Waals surface area (Å²) in [4.78, 5) is 12.2. The van der Waals surface area contributed by atoms with Gasteiger partial charge in [-0.25, -0.2) is 12.7 Å². The number of carbonyl (C=O) groups is 1. The first-order valence-electron chi connectivity index (χ1n) is 7.93. The van der Waals surface area contributed by atoms with Crippen LogP contribution in [0.5, 0.6) is 0 Å². The minimum atomic E-state index is -3.43. The highest BCUT2D eigenvalue weighted by Gasteiger charge is 2.17. The van der Waals surface area contributed by atoms with Crippen LogP contribution in [0.15, 0.2) is 53.4 Å². The van der Waals surface area contributed by atoms with Gasteiger partial charge in [-0.3, -0.25) is 4.79 Å². The van der Waals surface area contributed by atoms with Crippen LogP contribution in [0.25, 0.3) is 0 Å². The molecule has 1 N–H and O–H groups in total. The molecule has 0 fully saturated rings. The molecule has 0 saturated carbocycles. The van der Waals surface area contributed by atoms with E-state index >= 15 is 0 Å². The third-order valence-corrected chi connectivity index (χ3v) is 6.60. The fourth-order valence-corrected chi connectivity index (χ4v) is 4.20. The van der Waals surface area contributed by atoms with Gasteiger partial charge in [0.05, 0.1) is 4.90 Å². The Bertz CT molecular complexity index is 870. The van der Waals surface area contributed by atoms with Gasteiger partial charge in [-0.1, -0.05) is 29.8 Å². The summed E-state index contributed by atoms with van der Waals surface area (Å²) in [7, 11) is -0.414. The Labute approximate surface area is 163 Å². The van der Waals surface area contributed by atoms with Crippen LogP contribution in [0.1, 0.15) is 12.0 Å². The molecule has 0 radical (unpaired) electrons. The molecule has 0 saturated heterocycles. The lowest BCUT2D eigenvalue weighted by Gasteiger charge is -2.12. The first-order chi connectivity index (χ1) is 12.3. The van der Waals surface area contributed by atoms with Gasteiger partial charge in [0, 0.05) is 42.7 Å². The molecule has 0 aromatic heterocycles. The summed E-state index contributed by atoms with van der Waals surface area (Å²) in [5.74, 6) is 1.20. The van der Waals surface area contributed by atoms with Gasteiger partial charge in [0.2, 0.25) is 15.9 Å². The fraction of sp³-hybridized carbons (Fsp3) is 0.278. The van der Waals surface area contributed by atoms with Gasteiger partial charge in [-0.05, 0) is 35.9 Å². The second-order valence-electron chi connectivity index (χ2n) is 5.80. The number of hydrogen-bond donors (Lipinski definition) is 1. The Morgan fingerprint density at radius 3 is 2.58 bits per heavy atom. The van der Waals surface area contributed by atoms with E-state index in [9.17, 15) is 13.2 Å². The average Bonchev–Trinajstić information content (AvgIpc) is 2.59. The number of halogens is 1. The number of nitrogens with one attached hydrogen (secondary N) is 1. The van der Waals surface area contributed by atoms with Crippen LogP contribution in [-0.4, -0.2) is 38.5 Å². The number of thioether (sulfide) groups is 1. The Morgan fingerprint density at radius 1 is 1.15 bits per heavy atom. The molecule has 2 aromatic carbocycles. The quantitative estimate of drug-likeness (QED) is 0.668. The molecule has 0 aliphatic rings. The Hall–Kier alpha value is -1.54. The molecule has 0 unspecified atom stereocenters. The monoisotopic (exact) mass is 412 g/mol. The van der Waals surface area contributed by atoms with Crippen molar-refractivity contribution in [3.05, 3.63) is 59.1 Å². The summed E-state index contributed by atoms with van der Waals surface area (Å²) in [6.07, 6.45) is 0.368. The van der Waals surface area contributed by atoms with Crippen LogP contribution in [0.3, 0.4) is 0 Å². The normalized spacial score (nSPS) is 11.5. The molecule has 8 heteroatoms. The Morgan fingerprint density at radius 2 is 1.88 bits per heavy atom. The third kappa shape index (κ3) is 6.02. The minimum Gasteiger partial charge on any atom is -0.326 e. The van der Waals surface area contributed by atoms with Crippen molar-refractivity contribution in [2.45, 2.75) is 17.1 Å². The van der Waals surface area contributed by atoms with Crippen molar-refractivity contribution in [1.82, 2.24) is 4.31 Å². The fourth-order valence-electron chi connectivity index (χ4n) is 2.15. The molecule has 5 nitrogen and oxygen atoms in total. The number of amides is 1. The molecule has 0 atom stereocenters. The lowest BCUT2D eigenvalue weighted by molar-refractivity contribution is -0.115. The van der Waals surface area contributed by atoms with E-state index in [1.54, 1.807) is 54.2 Å². The van der Waals surface area contributed by atoms with Crippen molar-refractivity contribution in [3.63, 3.8) is 0 Å². The molecule has 1 amide bonds. The molecule has 140 valence electrons. The highest BCUT2D eigenvalue weighted by molar-refractivity contribution is 7.98. The van der Waals surface area contributed by atoms with E-state index in [1.807, 2.05) is 6.07 Å². The summed E-state index contributed by atoms with van der Waals surface area (Å²) in [6.45, 7) is 0. The predicted molar refractivity (Wildman–Crippen MR) is 108 cm³/mol. The maximum atomic E-state index is 12.2. The van der Waals surface area contributed by atoms with E-state index in [1.165, 1.54) is 18.4 Å². The number of sulfonamides is 1. The molecule has 0 bridgehead atoms. The second kappa shape index (κ2) is 9.41. The van der Waals surface area contributed by atoms with Crippen molar-refractivity contribution in [2.24, 2.45) is 0 Å². The van der Waals surface area contributed by atoms with E-state index in [-0.39, 0.29) is 10.8 Å². The number of nitrogens with zero attached hydrogens (tertiary/aromatic N) is 1. The Kier molecular flexibility index (Phi) is 7.52. The van der Waals surface area contributed by atoms with Gasteiger partial charge in [0.25, 0.3) is 0 Å². The average molecular weight is 413 g/mol. The number of anilines is 1. The van der Waals surface area contributed by atoms with Gasteiger partial charge < -0.3 is 5.32 Å². The predicted octanol–water partition coefficient (Wildman–Crippen LogP) is 3.85. The summed E-state index contributed by atoms with van der Waals surface area (Å²) < 4.78 is 25.5. The first-order valence-corrected chi connectivity index (χ1v) is 10.9. The number of hydrogen-bond acceptors (Lipinski definition) is 4. The number of rotatable bonds is 8.